The zero-order valence-corrected chi connectivity index (χ0v) is 11.1. The van der Waals surface area contributed by atoms with Crippen LogP contribution in [-0.2, 0) is 11.2 Å². The standard InChI is InChI=1S/C13H13FN2O2S/c1-8(9-2-4-10(14)5-3-9)15-13-16-11(7-19-13)6-12(17)18/h2-5,7-8H,6H2,1H3,(H,15,16)(H,17,18). The van der Waals surface area contributed by atoms with Crippen molar-refractivity contribution in [2.45, 2.75) is 19.4 Å². The first-order valence-corrected chi connectivity index (χ1v) is 6.61. The summed E-state index contributed by atoms with van der Waals surface area (Å²) < 4.78 is 12.8. The van der Waals surface area contributed by atoms with Crippen molar-refractivity contribution in [2.75, 3.05) is 5.32 Å². The molecule has 0 spiro atoms. The first-order valence-electron chi connectivity index (χ1n) is 5.73. The lowest BCUT2D eigenvalue weighted by atomic mass is 10.1. The summed E-state index contributed by atoms with van der Waals surface area (Å²) in [5.74, 6) is -1.17. The first-order chi connectivity index (χ1) is 9.04. The molecule has 0 saturated heterocycles. The molecule has 0 aliphatic heterocycles. The van der Waals surface area contributed by atoms with Gasteiger partial charge in [-0.1, -0.05) is 12.1 Å². The third-order valence-electron chi connectivity index (χ3n) is 2.59. The summed E-state index contributed by atoms with van der Waals surface area (Å²) in [5, 5.41) is 14.2. The summed E-state index contributed by atoms with van der Waals surface area (Å²) in [4.78, 5) is 14.7. The third-order valence-corrected chi connectivity index (χ3v) is 3.42. The van der Waals surface area contributed by atoms with Gasteiger partial charge in [0.05, 0.1) is 18.2 Å². The molecule has 0 saturated carbocycles. The number of aliphatic carboxylic acids is 1. The summed E-state index contributed by atoms with van der Waals surface area (Å²) >= 11 is 1.36. The molecular weight excluding hydrogens is 267 g/mol. The number of carboxylic acid groups (broad SMARTS) is 1. The molecular formula is C13H13FN2O2S. The average Bonchev–Trinajstić information content (AvgIpc) is 2.76. The minimum Gasteiger partial charge on any atom is -0.481 e. The maximum Gasteiger partial charge on any atom is 0.309 e. The molecule has 0 aliphatic rings. The fraction of sp³-hybridized carbons (Fsp3) is 0.231. The Morgan fingerprint density at radius 2 is 2.16 bits per heavy atom. The molecule has 1 aromatic heterocycles. The smallest absolute Gasteiger partial charge is 0.309 e. The lowest BCUT2D eigenvalue weighted by molar-refractivity contribution is -0.136. The van der Waals surface area contributed by atoms with Gasteiger partial charge in [0.2, 0.25) is 0 Å². The number of halogens is 1. The minimum atomic E-state index is -0.900. The van der Waals surface area contributed by atoms with E-state index in [1.165, 1.54) is 23.5 Å². The number of hydrogen-bond acceptors (Lipinski definition) is 4. The van der Waals surface area contributed by atoms with Gasteiger partial charge in [0.15, 0.2) is 5.13 Å². The number of carboxylic acids is 1. The van der Waals surface area contributed by atoms with Gasteiger partial charge in [-0.2, -0.15) is 0 Å². The van der Waals surface area contributed by atoms with Gasteiger partial charge >= 0.3 is 5.97 Å². The van der Waals surface area contributed by atoms with Crippen molar-refractivity contribution in [3.05, 3.63) is 46.7 Å². The Balaban J connectivity index is 2.02. The van der Waals surface area contributed by atoms with Crippen LogP contribution >= 0.6 is 11.3 Å². The zero-order chi connectivity index (χ0) is 13.8. The number of benzene rings is 1. The lowest BCUT2D eigenvalue weighted by Gasteiger charge is -2.12. The summed E-state index contributed by atoms with van der Waals surface area (Å²) in [6.45, 7) is 1.94. The molecule has 1 heterocycles. The Morgan fingerprint density at radius 1 is 1.47 bits per heavy atom. The molecule has 0 aliphatic carbocycles. The van der Waals surface area contributed by atoms with Gasteiger partial charge in [-0.3, -0.25) is 4.79 Å². The molecule has 2 N–H and O–H groups in total. The Bertz CT molecular complexity index is 568. The van der Waals surface area contributed by atoms with Gasteiger partial charge < -0.3 is 10.4 Å². The molecule has 0 radical (unpaired) electrons. The van der Waals surface area contributed by atoms with Crippen LogP contribution in [-0.4, -0.2) is 16.1 Å². The van der Waals surface area contributed by atoms with E-state index in [1.807, 2.05) is 6.92 Å². The highest BCUT2D eigenvalue weighted by molar-refractivity contribution is 7.13. The van der Waals surface area contributed by atoms with Crippen LogP contribution in [0.2, 0.25) is 0 Å². The van der Waals surface area contributed by atoms with E-state index in [0.29, 0.717) is 10.8 Å². The molecule has 0 amide bonds. The van der Waals surface area contributed by atoms with E-state index < -0.39 is 5.97 Å². The maximum absolute atomic E-state index is 12.8. The van der Waals surface area contributed by atoms with Crippen LogP contribution < -0.4 is 5.32 Å². The Labute approximate surface area is 113 Å². The molecule has 6 heteroatoms. The number of rotatable bonds is 5. The number of nitrogens with one attached hydrogen (secondary N) is 1. The fourth-order valence-electron chi connectivity index (χ4n) is 1.63. The van der Waals surface area contributed by atoms with E-state index in [1.54, 1.807) is 17.5 Å². The monoisotopic (exact) mass is 280 g/mol. The van der Waals surface area contributed by atoms with Crippen molar-refractivity contribution < 1.29 is 14.3 Å². The molecule has 1 unspecified atom stereocenters. The quantitative estimate of drug-likeness (QED) is 0.883. The summed E-state index contributed by atoms with van der Waals surface area (Å²) in [6.07, 6.45) is -0.0802. The number of nitrogens with zero attached hydrogens (tertiary/aromatic N) is 1. The molecule has 1 atom stereocenters. The second-order valence-corrected chi connectivity index (χ2v) is 4.99. The van der Waals surface area contributed by atoms with E-state index in [9.17, 15) is 9.18 Å². The molecule has 4 nitrogen and oxygen atoms in total. The summed E-state index contributed by atoms with van der Waals surface area (Å²) in [5.41, 5.74) is 1.47. The minimum absolute atomic E-state index is 0.0237. The average molecular weight is 280 g/mol. The van der Waals surface area contributed by atoms with E-state index in [2.05, 4.69) is 10.3 Å². The van der Waals surface area contributed by atoms with Crippen LogP contribution in [0, 0.1) is 5.82 Å². The molecule has 1 aromatic carbocycles. The van der Waals surface area contributed by atoms with Gasteiger partial charge in [0, 0.05) is 5.38 Å². The van der Waals surface area contributed by atoms with Gasteiger partial charge in [-0.25, -0.2) is 9.37 Å². The molecule has 0 bridgehead atoms. The number of anilines is 1. The second-order valence-electron chi connectivity index (χ2n) is 4.13. The van der Waals surface area contributed by atoms with Crippen LogP contribution in [0.5, 0.6) is 0 Å². The van der Waals surface area contributed by atoms with Crippen molar-refractivity contribution in [3.8, 4) is 0 Å². The molecule has 100 valence electrons. The molecule has 19 heavy (non-hydrogen) atoms. The summed E-state index contributed by atoms with van der Waals surface area (Å²) in [6, 6.07) is 6.21. The predicted octanol–water partition coefficient (Wildman–Crippen LogP) is 3.08. The number of aromatic nitrogens is 1. The second kappa shape index (κ2) is 5.79. The van der Waals surface area contributed by atoms with E-state index in [4.69, 9.17) is 5.11 Å². The van der Waals surface area contributed by atoms with Crippen LogP contribution in [0.3, 0.4) is 0 Å². The number of hydrogen-bond donors (Lipinski definition) is 2. The molecule has 0 fully saturated rings. The van der Waals surface area contributed by atoms with Crippen LogP contribution in [0.4, 0.5) is 9.52 Å². The highest BCUT2D eigenvalue weighted by Gasteiger charge is 2.10. The van der Waals surface area contributed by atoms with Gasteiger partial charge in [-0.15, -0.1) is 11.3 Å². The third kappa shape index (κ3) is 3.75. The summed E-state index contributed by atoms with van der Waals surface area (Å²) in [7, 11) is 0. The first kappa shape index (κ1) is 13.5. The van der Waals surface area contributed by atoms with Crippen molar-refractivity contribution in [2.24, 2.45) is 0 Å². The van der Waals surface area contributed by atoms with Crippen molar-refractivity contribution in [1.29, 1.82) is 0 Å². The van der Waals surface area contributed by atoms with Crippen LogP contribution in [0.15, 0.2) is 29.6 Å². The predicted molar refractivity (Wildman–Crippen MR) is 71.9 cm³/mol. The van der Waals surface area contributed by atoms with E-state index in [0.717, 1.165) is 5.56 Å². The fourth-order valence-corrected chi connectivity index (χ4v) is 2.43. The van der Waals surface area contributed by atoms with Crippen molar-refractivity contribution in [1.82, 2.24) is 4.98 Å². The SMILES string of the molecule is CC(Nc1nc(CC(=O)O)cs1)c1ccc(F)cc1. The Morgan fingerprint density at radius 3 is 2.79 bits per heavy atom. The van der Waals surface area contributed by atoms with Crippen molar-refractivity contribution in [3.63, 3.8) is 0 Å². The highest BCUT2D eigenvalue weighted by atomic mass is 32.1. The number of carbonyl (C=O) groups is 1. The highest BCUT2D eigenvalue weighted by Crippen LogP contribution is 2.22. The maximum atomic E-state index is 12.8. The van der Waals surface area contributed by atoms with Crippen molar-refractivity contribution >= 4 is 22.4 Å². The lowest BCUT2D eigenvalue weighted by Crippen LogP contribution is -2.07. The van der Waals surface area contributed by atoms with Gasteiger partial charge in [0.1, 0.15) is 5.82 Å². The number of thiazole rings is 1. The van der Waals surface area contributed by atoms with Crippen LogP contribution in [0.1, 0.15) is 24.2 Å². The van der Waals surface area contributed by atoms with Gasteiger partial charge in [0.25, 0.3) is 0 Å². The Kier molecular flexibility index (Phi) is 4.11. The zero-order valence-electron chi connectivity index (χ0n) is 10.3. The molecule has 2 aromatic rings. The van der Waals surface area contributed by atoms with E-state index in [-0.39, 0.29) is 18.3 Å². The van der Waals surface area contributed by atoms with Crippen LogP contribution in [0.25, 0.3) is 0 Å². The Hall–Kier alpha value is -1.95. The molecule has 2 rings (SSSR count). The topological polar surface area (TPSA) is 62.2 Å². The van der Waals surface area contributed by atoms with Gasteiger partial charge in [-0.05, 0) is 24.6 Å². The largest absolute Gasteiger partial charge is 0.481 e. The van der Waals surface area contributed by atoms with E-state index >= 15 is 0 Å². The normalized spacial score (nSPS) is 12.1.